The molecule has 0 aliphatic heterocycles. The van der Waals surface area contributed by atoms with Crippen molar-refractivity contribution in [2.45, 2.75) is 6.54 Å². The molecule has 18 heavy (non-hydrogen) atoms. The van der Waals surface area contributed by atoms with Gasteiger partial charge in [-0.1, -0.05) is 6.07 Å². The Bertz CT molecular complexity index is 607. The van der Waals surface area contributed by atoms with Crippen LogP contribution in [0.3, 0.4) is 0 Å². The molecule has 3 heterocycles. The molecule has 0 aliphatic rings. The maximum Gasteiger partial charge on any atom is 0.257 e. The van der Waals surface area contributed by atoms with Crippen LogP contribution in [0.5, 0.6) is 0 Å². The van der Waals surface area contributed by atoms with Gasteiger partial charge in [-0.3, -0.25) is 0 Å². The van der Waals surface area contributed by atoms with Crippen LogP contribution in [-0.2, 0) is 6.54 Å². The highest BCUT2D eigenvalue weighted by Crippen LogP contribution is 2.22. The molecule has 1 N–H and O–H groups in total. The van der Waals surface area contributed by atoms with Crippen LogP contribution in [0.4, 0.5) is 5.95 Å². The number of hydrogen-bond donors (Lipinski definition) is 1. The summed E-state index contributed by atoms with van der Waals surface area (Å²) in [6, 6.07) is 5.64. The largest absolute Gasteiger partial charge is 0.418 e. The highest BCUT2D eigenvalue weighted by atomic mass is 32.1. The Balaban J connectivity index is 1.68. The average molecular weight is 259 g/mol. The van der Waals surface area contributed by atoms with Crippen molar-refractivity contribution in [2.75, 3.05) is 5.32 Å². The molecule has 3 aromatic heterocycles. The quantitative estimate of drug-likeness (QED) is 0.774. The maximum atomic E-state index is 5.52. The third-order valence-corrected chi connectivity index (χ3v) is 3.02. The Labute approximate surface area is 107 Å². The van der Waals surface area contributed by atoms with Crippen molar-refractivity contribution in [3.05, 3.63) is 41.9 Å². The second-order valence-corrected chi connectivity index (χ2v) is 4.35. The van der Waals surface area contributed by atoms with Gasteiger partial charge in [0.15, 0.2) is 0 Å². The number of thiophene rings is 1. The Morgan fingerprint density at radius 2 is 2.06 bits per heavy atom. The van der Waals surface area contributed by atoms with Gasteiger partial charge in [0.2, 0.25) is 11.8 Å². The summed E-state index contributed by atoms with van der Waals surface area (Å²) in [5.74, 6) is 1.58. The SMILES string of the molecule is c1cnc(NCc2nnc(-c3cccs3)o2)nc1. The smallest absolute Gasteiger partial charge is 0.257 e. The lowest BCUT2D eigenvalue weighted by molar-refractivity contribution is 0.515. The number of hydrogen-bond acceptors (Lipinski definition) is 7. The summed E-state index contributed by atoms with van der Waals surface area (Å²) in [6.45, 7) is 0.405. The van der Waals surface area contributed by atoms with Crippen molar-refractivity contribution in [1.29, 1.82) is 0 Å². The molecule has 90 valence electrons. The predicted octanol–water partition coefficient (Wildman–Crippen LogP) is 2.20. The van der Waals surface area contributed by atoms with Crippen LogP contribution in [0.15, 0.2) is 40.4 Å². The lowest BCUT2D eigenvalue weighted by Crippen LogP contribution is -2.02. The topological polar surface area (TPSA) is 76.7 Å². The molecule has 0 aromatic carbocycles. The van der Waals surface area contributed by atoms with Gasteiger partial charge in [0, 0.05) is 12.4 Å². The van der Waals surface area contributed by atoms with E-state index >= 15 is 0 Å². The van der Waals surface area contributed by atoms with Gasteiger partial charge >= 0.3 is 0 Å². The van der Waals surface area contributed by atoms with E-state index in [1.807, 2.05) is 17.5 Å². The molecule has 0 radical (unpaired) electrons. The molecule has 0 spiro atoms. The van der Waals surface area contributed by atoms with E-state index in [1.54, 1.807) is 29.8 Å². The molecule has 6 nitrogen and oxygen atoms in total. The molecular formula is C11H9N5OS. The number of rotatable bonds is 4. The van der Waals surface area contributed by atoms with Crippen molar-refractivity contribution in [2.24, 2.45) is 0 Å². The summed E-state index contributed by atoms with van der Waals surface area (Å²) in [6.07, 6.45) is 3.33. The Hall–Kier alpha value is -2.28. The van der Waals surface area contributed by atoms with Crippen LogP contribution < -0.4 is 5.32 Å². The second-order valence-electron chi connectivity index (χ2n) is 3.40. The zero-order valence-electron chi connectivity index (χ0n) is 9.28. The molecule has 0 saturated heterocycles. The van der Waals surface area contributed by atoms with Crippen molar-refractivity contribution in [3.63, 3.8) is 0 Å². The summed E-state index contributed by atoms with van der Waals surface area (Å²) in [5.41, 5.74) is 0. The molecule has 0 saturated carbocycles. The van der Waals surface area contributed by atoms with Gasteiger partial charge in [-0.25, -0.2) is 9.97 Å². The first-order chi connectivity index (χ1) is 8.92. The molecule has 0 amide bonds. The fourth-order valence-corrected chi connectivity index (χ4v) is 2.01. The average Bonchev–Trinajstić information content (AvgIpc) is 3.08. The summed E-state index contributed by atoms with van der Waals surface area (Å²) >= 11 is 1.56. The molecule has 0 fully saturated rings. The first-order valence-electron chi connectivity index (χ1n) is 5.29. The molecule has 0 bridgehead atoms. The van der Waals surface area contributed by atoms with E-state index < -0.39 is 0 Å². The fourth-order valence-electron chi connectivity index (χ4n) is 1.37. The van der Waals surface area contributed by atoms with Gasteiger partial charge in [0.25, 0.3) is 5.89 Å². The first kappa shape index (κ1) is 10.8. The van der Waals surface area contributed by atoms with Gasteiger partial charge in [0.1, 0.15) is 0 Å². The highest BCUT2D eigenvalue weighted by molar-refractivity contribution is 7.13. The van der Waals surface area contributed by atoms with Crippen LogP contribution in [0.2, 0.25) is 0 Å². The van der Waals surface area contributed by atoms with E-state index in [0.717, 1.165) is 4.88 Å². The van der Waals surface area contributed by atoms with Crippen molar-refractivity contribution < 1.29 is 4.42 Å². The number of aromatic nitrogens is 4. The lowest BCUT2D eigenvalue weighted by atomic mass is 10.5. The zero-order valence-corrected chi connectivity index (χ0v) is 10.1. The molecule has 0 unspecified atom stereocenters. The van der Waals surface area contributed by atoms with E-state index in [2.05, 4.69) is 25.5 Å². The van der Waals surface area contributed by atoms with Crippen molar-refractivity contribution >= 4 is 17.3 Å². The minimum atomic E-state index is 0.405. The third-order valence-electron chi connectivity index (χ3n) is 2.16. The standard InChI is InChI=1S/C11H9N5OS/c1-3-8(18-6-1)10-16-15-9(17-10)7-14-11-12-4-2-5-13-11/h1-6H,7H2,(H,12,13,14). The van der Waals surface area contributed by atoms with E-state index in [4.69, 9.17) is 4.42 Å². The molecule has 7 heteroatoms. The number of nitrogens with one attached hydrogen (secondary N) is 1. The first-order valence-corrected chi connectivity index (χ1v) is 6.17. The van der Waals surface area contributed by atoms with Crippen LogP contribution in [0.1, 0.15) is 5.89 Å². The summed E-state index contributed by atoms with van der Waals surface area (Å²) in [7, 11) is 0. The van der Waals surface area contributed by atoms with E-state index in [-0.39, 0.29) is 0 Å². The Morgan fingerprint density at radius 3 is 2.83 bits per heavy atom. The molecule has 0 atom stereocenters. The normalized spacial score (nSPS) is 10.4. The van der Waals surface area contributed by atoms with Gasteiger partial charge in [0.05, 0.1) is 11.4 Å². The lowest BCUT2D eigenvalue weighted by Gasteiger charge is -1.98. The third kappa shape index (κ3) is 2.35. The number of nitrogens with zero attached hydrogens (tertiary/aromatic N) is 4. The van der Waals surface area contributed by atoms with Gasteiger partial charge in [-0.05, 0) is 17.5 Å². The maximum absolute atomic E-state index is 5.52. The van der Waals surface area contributed by atoms with Crippen molar-refractivity contribution in [1.82, 2.24) is 20.2 Å². The van der Waals surface area contributed by atoms with E-state index in [1.165, 1.54) is 0 Å². The Morgan fingerprint density at radius 1 is 1.17 bits per heavy atom. The summed E-state index contributed by atoms with van der Waals surface area (Å²) in [5, 5.41) is 12.9. The van der Waals surface area contributed by atoms with Crippen LogP contribution in [-0.4, -0.2) is 20.2 Å². The second kappa shape index (κ2) is 4.92. The van der Waals surface area contributed by atoms with Crippen LogP contribution >= 0.6 is 11.3 Å². The minimum Gasteiger partial charge on any atom is -0.418 e. The number of anilines is 1. The van der Waals surface area contributed by atoms with E-state index in [9.17, 15) is 0 Å². The molecular weight excluding hydrogens is 250 g/mol. The molecule has 0 aliphatic carbocycles. The Kier molecular flexibility index (Phi) is 2.97. The van der Waals surface area contributed by atoms with Crippen LogP contribution in [0, 0.1) is 0 Å². The summed E-state index contributed by atoms with van der Waals surface area (Å²) in [4.78, 5) is 9.04. The predicted molar refractivity (Wildman–Crippen MR) is 67.0 cm³/mol. The van der Waals surface area contributed by atoms with Crippen LogP contribution in [0.25, 0.3) is 10.8 Å². The van der Waals surface area contributed by atoms with Crippen molar-refractivity contribution in [3.8, 4) is 10.8 Å². The minimum absolute atomic E-state index is 0.405. The van der Waals surface area contributed by atoms with E-state index in [0.29, 0.717) is 24.3 Å². The summed E-state index contributed by atoms with van der Waals surface area (Å²) < 4.78 is 5.52. The monoisotopic (exact) mass is 259 g/mol. The fraction of sp³-hybridized carbons (Fsp3) is 0.0909. The highest BCUT2D eigenvalue weighted by Gasteiger charge is 2.09. The van der Waals surface area contributed by atoms with Gasteiger partial charge in [-0.2, -0.15) is 0 Å². The molecule has 3 rings (SSSR count). The van der Waals surface area contributed by atoms with Gasteiger partial charge in [-0.15, -0.1) is 21.5 Å². The zero-order chi connectivity index (χ0) is 12.2. The molecule has 3 aromatic rings. The van der Waals surface area contributed by atoms with Gasteiger partial charge < -0.3 is 9.73 Å².